The molecule has 21 heavy (non-hydrogen) atoms. The lowest BCUT2D eigenvalue weighted by molar-refractivity contribution is 0.0712. The summed E-state index contributed by atoms with van der Waals surface area (Å²) in [6.07, 6.45) is 3.41. The first-order chi connectivity index (χ1) is 10.3. The molecule has 3 rings (SSSR count). The number of carbonyl (C=O) groups excluding carboxylic acids is 1. The van der Waals surface area contributed by atoms with Gasteiger partial charge in [-0.3, -0.25) is 4.79 Å². The first-order valence-electron chi connectivity index (χ1n) is 7.33. The molecule has 0 aliphatic heterocycles. The largest absolute Gasteiger partial charge is 0.395 e. The van der Waals surface area contributed by atoms with Gasteiger partial charge in [-0.2, -0.15) is 0 Å². The number of rotatable bonds is 5. The molecule has 1 aliphatic carbocycles. The Hall–Kier alpha value is -1.65. The highest BCUT2D eigenvalue weighted by molar-refractivity contribution is 7.14. The zero-order valence-corrected chi connectivity index (χ0v) is 12.7. The second-order valence-corrected chi connectivity index (χ2v) is 6.49. The molecule has 1 heterocycles. The molecule has 1 aromatic heterocycles. The van der Waals surface area contributed by atoms with Gasteiger partial charge >= 0.3 is 0 Å². The molecule has 3 nitrogen and oxygen atoms in total. The molecule has 1 N–H and O–H groups in total. The van der Waals surface area contributed by atoms with Crippen LogP contribution in [0.5, 0.6) is 0 Å². The Morgan fingerprint density at radius 1 is 1.24 bits per heavy atom. The first-order valence-corrected chi connectivity index (χ1v) is 8.15. The van der Waals surface area contributed by atoms with E-state index in [1.165, 1.54) is 16.9 Å². The number of benzene rings is 1. The summed E-state index contributed by atoms with van der Waals surface area (Å²) in [5.74, 6) is 0.0345. The van der Waals surface area contributed by atoms with Crippen molar-refractivity contribution in [3.05, 3.63) is 57.3 Å². The average molecular weight is 301 g/mol. The van der Waals surface area contributed by atoms with Crippen molar-refractivity contribution in [2.45, 2.75) is 25.8 Å². The van der Waals surface area contributed by atoms with Gasteiger partial charge in [0.1, 0.15) is 0 Å². The van der Waals surface area contributed by atoms with Gasteiger partial charge in [0.15, 0.2) is 0 Å². The fraction of sp³-hybridized carbons (Fsp3) is 0.353. The summed E-state index contributed by atoms with van der Waals surface area (Å²) in [5, 5.41) is 9.24. The highest BCUT2D eigenvalue weighted by Gasteiger charge is 2.22. The molecule has 0 bridgehead atoms. The van der Waals surface area contributed by atoms with E-state index < -0.39 is 0 Å². The summed E-state index contributed by atoms with van der Waals surface area (Å²) in [5.41, 5.74) is 2.43. The molecule has 0 radical (unpaired) electrons. The molecule has 0 saturated heterocycles. The number of thiophene rings is 1. The van der Waals surface area contributed by atoms with Crippen molar-refractivity contribution in [3.63, 3.8) is 0 Å². The number of aliphatic hydroxyl groups is 1. The predicted octanol–water partition coefficient (Wildman–Crippen LogP) is 2.87. The van der Waals surface area contributed by atoms with Crippen LogP contribution in [0.25, 0.3) is 0 Å². The fourth-order valence-corrected chi connectivity index (χ4v) is 3.99. The van der Waals surface area contributed by atoms with Gasteiger partial charge in [-0.25, -0.2) is 0 Å². The van der Waals surface area contributed by atoms with Gasteiger partial charge < -0.3 is 10.0 Å². The maximum atomic E-state index is 12.7. The van der Waals surface area contributed by atoms with Gasteiger partial charge in [-0.15, -0.1) is 11.3 Å². The number of carbonyl (C=O) groups is 1. The van der Waals surface area contributed by atoms with E-state index >= 15 is 0 Å². The SMILES string of the molecule is O=C(c1cc2c(s1)CCC2)N(CCO)Cc1ccccc1. The Bertz CT molecular complexity index is 599. The van der Waals surface area contributed by atoms with Gasteiger partial charge in [0.2, 0.25) is 0 Å². The van der Waals surface area contributed by atoms with Crippen molar-refractivity contribution in [2.24, 2.45) is 0 Å². The van der Waals surface area contributed by atoms with Gasteiger partial charge in [0, 0.05) is 18.0 Å². The van der Waals surface area contributed by atoms with Crippen LogP contribution in [0.3, 0.4) is 0 Å². The summed E-state index contributed by atoms with van der Waals surface area (Å²) < 4.78 is 0. The molecule has 110 valence electrons. The molecular weight excluding hydrogens is 282 g/mol. The number of amides is 1. The van der Waals surface area contributed by atoms with Crippen molar-refractivity contribution in [1.29, 1.82) is 0 Å². The monoisotopic (exact) mass is 301 g/mol. The molecule has 1 amide bonds. The standard InChI is InChI=1S/C17H19NO2S/c19-10-9-18(12-13-5-2-1-3-6-13)17(20)16-11-14-7-4-8-15(14)21-16/h1-3,5-6,11,19H,4,7-10,12H2. The second-order valence-electron chi connectivity index (χ2n) is 5.35. The molecule has 1 aliphatic rings. The second kappa shape index (κ2) is 6.41. The van der Waals surface area contributed by atoms with Crippen molar-refractivity contribution < 1.29 is 9.90 Å². The number of fused-ring (bicyclic) bond motifs is 1. The van der Waals surface area contributed by atoms with Gasteiger partial charge in [-0.05, 0) is 36.5 Å². The van der Waals surface area contributed by atoms with Crippen LogP contribution in [0.4, 0.5) is 0 Å². The zero-order chi connectivity index (χ0) is 14.7. The van der Waals surface area contributed by atoms with Crippen molar-refractivity contribution >= 4 is 17.2 Å². The van der Waals surface area contributed by atoms with Crippen molar-refractivity contribution in [2.75, 3.05) is 13.2 Å². The van der Waals surface area contributed by atoms with E-state index in [4.69, 9.17) is 0 Å². The maximum absolute atomic E-state index is 12.7. The summed E-state index contributed by atoms with van der Waals surface area (Å²) >= 11 is 1.62. The van der Waals surface area contributed by atoms with Crippen LogP contribution in [0.1, 0.15) is 32.1 Å². The third-order valence-corrected chi connectivity index (χ3v) is 5.06. The molecule has 0 saturated carbocycles. The Kier molecular flexibility index (Phi) is 4.36. The maximum Gasteiger partial charge on any atom is 0.264 e. The Morgan fingerprint density at radius 2 is 2.05 bits per heavy atom. The Morgan fingerprint density at radius 3 is 2.76 bits per heavy atom. The highest BCUT2D eigenvalue weighted by Crippen LogP contribution is 2.31. The fourth-order valence-electron chi connectivity index (χ4n) is 2.77. The smallest absolute Gasteiger partial charge is 0.264 e. The van der Waals surface area contributed by atoms with Crippen LogP contribution in [-0.4, -0.2) is 29.1 Å². The summed E-state index contributed by atoms with van der Waals surface area (Å²) in [6.45, 7) is 0.906. The van der Waals surface area contributed by atoms with Gasteiger partial charge in [0.25, 0.3) is 5.91 Å². The summed E-state index contributed by atoms with van der Waals surface area (Å²) in [4.78, 5) is 16.6. The minimum Gasteiger partial charge on any atom is -0.395 e. The van der Waals surface area contributed by atoms with Crippen LogP contribution in [0.2, 0.25) is 0 Å². The Labute approximate surface area is 128 Å². The molecular formula is C17H19NO2S. The minimum atomic E-state index is -0.0103. The van der Waals surface area contributed by atoms with E-state index in [0.717, 1.165) is 23.3 Å². The zero-order valence-electron chi connectivity index (χ0n) is 11.9. The summed E-state index contributed by atoms with van der Waals surface area (Å²) in [6, 6.07) is 12.0. The lowest BCUT2D eigenvalue weighted by atomic mass is 10.2. The van der Waals surface area contributed by atoms with Crippen LogP contribution >= 0.6 is 11.3 Å². The quantitative estimate of drug-likeness (QED) is 0.922. The van der Waals surface area contributed by atoms with Crippen LogP contribution in [0, 0.1) is 0 Å². The highest BCUT2D eigenvalue weighted by atomic mass is 32.1. The Balaban J connectivity index is 1.77. The molecule has 0 spiro atoms. The topological polar surface area (TPSA) is 40.5 Å². The minimum absolute atomic E-state index is 0.0103. The number of hydrogen-bond acceptors (Lipinski definition) is 3. The molecule has 1 aromatic carbocycles. The van der Waals surface area contributed by atoms with E-state index in [1.54, 1.807) is 16.2 Å². The van der Waals surface area contributed by atoms with E-state index in [0.29, 0.717) is 13.1 Å². The molecule has 4 heteroatoms. The number of aliphatic hydroxyl groups excluding tert-OH is 1. The first kappa shape index (κ1) is 14.3. The van der Waals surface area contributed by atoms with Gasteiger partial charge in [-0.1, -0.05) is 30.3 Å². The number of hydrogen-bond donors (Lipinski definition) is 1. The molecule has 0 unspecified atom stereocenters. The number of aryl methyl sites for hydroxylation is 2. The summed E-state index contributed by atoms with van der Waals surface area (Å²) in [7, 11) is 0. The lowest BCUT2D eigenvalue weighted by Gasteiger charge is -2.21. The van der Waals surface area contributed by atoms with E-state index in [9.17, 15) is 9.90 Å². The van der Waals surface area contributed by atoms with Crippen LogP contribution in [0.15, 0.2) is 36.4 Å². The van der Waals surface area contributed by atoms with Crippen molar-refractivity contribution in [3.8, 4) is 0 Å². The lowest BCUT2D eigenvalue weighted by Crippen LogP contribution is -2.32. The molecule has 0 atom stereocenters. The molecule has 2 aromatic rings. The van der Waals surface area contributed by atoms with E-state index in [1.807, 2.05) is 36.4 Å². The normalized spacial score (nSPS) is 13.2. The third kappa shape index (κ3) is 3.17. The van der Waals surface area contributed by atoms with E-state index in [-0.39, 0.29) is 12.5 Å². The number of nitrogens with zero attached hydrogens (tertiary/aromatic N) is 1. The van der Waals surface area contributed by atoms with Crippen molar-refractivity contribution in [1.82, 2.24) is 4.90 Å². The predicted molar refractivity (Wildman–Crippen MR) is 84.6 cm³/mol. The average Bonchev–Trinajstić information content (AvgIpc) is 3.08. The van der Waals surface area contributed by atoms with Crippen LogP contribution < -0.4 is 0 Å². The third-order valence-electron chi connectivity index (χ3n) is 3.83. The molecule has 0 fully saturated rings. The van der Waals surface area contributed by atoms with E-state index in [2.05, 4.69) is 0 Å². The van der Waals surface area contributed by atoms with Gasteiger partial charge in [0.05, 0.1) is 11.5 Å². The van der Waals surface area contributed by atoms with Crippen LogP contribution in [-0.2, 0) is 19.4 Å².